The highest BCUT2D eigenvalue weighted by Gasteiger charge is 1.95. The third-order valence-electron chi connectivity index (χ3n) is 2.64. The minimum Gasteiger partial charge on any atom is -0.281 e. The van der Waals surface area contributed by atoms with Crippen LogP contribution in [0.4, 0.5) is 0 Å². The van der Waals surface area contributed by atoms with Crippen LogP contribution in [0.2, 0.25) is 0 Å². The van der Waals surface area contributed by atoms with Crippen LogP contribution in [-0.2, 0) is 4.79 Å². The van der Waals surface area contributed by atoms with Crippen molar-refractivity contribution in [1.82, 2.24) is 0 Å². The highest BCUT2D eigenvalue weighted by molar-refractivity contribution is 6.63. The molecule has 16 heavy (non-hydrogen) atoms. The first-order valence-electron chi connectivity index (χ1n) is 6.60. The standard InChI is InChI=1S/C14H25ClO/c1-2-3-4-5-6-7-8-9-10-11-12-13-14(15)16/h5-6H,2-4,7-13H2,1H3/b6-5-. The molecule has 0 saturated carbocycles. The van der Waals surface area contributed by atoms with E-state index in [1.807, 2.05) is 0 Å². The van der Waals surface area contributed by atoms with E-state index < -0.39 is 0 Å². The Hall–Kier alpha value is -0.300. The summed E-state index contributed by atoms with van der Waals surface area (Å²) in [6.07, 6.45) is 16.0. The topological polar surface area (TPSA) is 17.1 Å². The van der Waals surface area contributed by atoms with Crippen molar-refractivity contribution >= 4 is 16.8 Å². The molecule has 0 aromatic heterocycles. The molecule has 0 saturated heterocycles. The van der Waals surface area contributed by atoms with E-state index in [1.165, 1.54) is 44.9 Å². The Bertz CT molecular complexity index is 187. The Morgan fingerprint density at radius 3 is 2.12 bits per heavy atom. The van der Waals surface area contributed by atoms with Crippen LogP contribution in [0.3, 0.4) is 0 Å². The van der Waals surface area contributed by atoms with E-state index in [2.05, 4.69) is 19.1 Å². The molecule has 0 radical (unpaired) electrons. The van der Waals surface area contributed by atoms with Gasteiger partial charge in [0.15, 0.2) is 0 Å². The van der Waals surface area contributed by atoms with Gasteiger partial charge in [-0.1, -0.05) is 51.2 Å². The zero-order valence-corrected chi connectivity index (χ0v) is 11.3. The van der Waals surface area contributed by atoms with E-state index >= 15 is 0 Å². The van der Waals surface area contributed by atoms with E-state index in [4.69, 9.17) is 11.6 Å². The molecule has 0 amide bonds. The first-order valence-corrected chi connectivity index (χ1v) is 6.98. The molecule has 94 valence electrons. The van der Waals surface area contributed by atoms with Crippen molar-refractivity contribution in [2.24, 2.45) is 0 Å². The van der Waals surface area contributed by atoms with Crippen LogP contribution >= 0.6 is 11.6 Å². The number of carbonyl (C=O) groups excluding carboxylic acids is 1. The minimum atomic E-state index is -0.196. The van der Waals surface area contributed by atoms with Crippen LogP contribution in [0.5, 0.6) is 0 Å². The van der Waals surface area contributed by atoms with Gasteiger partial charge in [0, 0.05) is 6.42 Å². The van der Waals surface area contributed by atoms with Crippen LogP contribution in [-0.4, -0.2) is 5.24 Å². The van der Waals surface area contributed by atoms with Gasteiger partial charge in [-0.2, -0.15) is 0 Å². The molecule has 0 heterocycles. The number of rotatable bonds is 11. The van der Waals surface area contributed by atoms with E-state index in [9.17, 15) is 4.79 Å². The van der Waals surface area contributed by atoms with Gasteiger partial charge in [-0.05, 0) is 37.3 Å². The third-order valence-corrected chi connectivity index (χ3v) is 2.82. The third kappa shape index (κ3) is 13.7. The highest BCUT2D eigenvalue weighted by Crippen LogP contribution is 2.08. The summed E-state index contributed by atoms with van der Waals surface area (Å²) in [6, 6.07) is 0. The predicted octanol–water partition coefficient (Wildman–Crippen LogP) is 5.23. The lowest BCUT2D eigenvalue weighted by molar-refractivity contribution is -0.111. The Morgan fingerprint density at radius 2 is 1.50 bits per heavy atom. The molecule has 0 aliphatic carbocycles. The second-order valence-corrected chi connectivity index (χ2v) is 4.70. The molecule has 0 unspecified atom stereocenters. The Balaban J connectivity index is 3.03. The second kappa shape index (κ2) is 12.8. The zero-order valence-electron chi connectivity index (χ0n) is 10.5. The lowest BCUT2D eigenvalue weighted by atomic mass is 10.1. The van der Waals surface area contributed by atoms with Crippen molar-refractivity contribution in [3.63, 3.8) is 0 Å². The summed E-state index contributed by atoms with van der Waals surface area (Å²) in [4.78, 5) is 10.5. The van der Waals surface area contributed by atoms with E-state index in [0.29, 0.717) is 6.42 Å². The van der Waals surface area contributed by atoms with Gasteiger partial charge in [-0.15, -0.1) is 0 Å². The monoisotopic (exact) mass is 244 g/mol. The number of hydrogen-bond donors (Lipinski definition) is 0. The Morgan fingerprint density at radius 1 is 0.938 bits per heavy atom. The van der Waals surface area contributed by atoms with Gasteiger partial charge in [0.25, 0.3) is 0 Å². The summed E-state index contributed by atoms with van der Waals surface area (Å²) < 4.78 is 0. The zero-order chi connectivity index (χ0) is 12.1. The lowest BCUT2D eigenvalue weighted by Gasteiger charge is -1.98. The maximum absolute atomic E-state index is 10.5. The van der Waals surface area contributed by atoms with Crippen molar-refractivity contribution in [3.05, 3.63) is 12.2 Å². The molecule has 0 aliphatic rings. The Kier molecular flexibility index (Phi) is 12.5. The smallest absolute Gasteiger partial charge is 0.221 e. The molecule has 0 fully saturated rings. The van der Waals surface area contributed by atoms with Crippen molar-refractivity contribution in [1.29, 1.82) is 0 Å². The van der Waals surface area contributed by atoms with Crippen LogP contribution in [0, 0.1) is 0 Å². The predicted molar refractivity (Wildman–Crippen MR) is 71.8 cm³/mol. The fourth-order valence-corrected chi connectivity index (χ4v) is 1.75. The van der Waals surface area contributed by atoms with Crippen molar-refractivity contribution in [3.8, 4) is 0 Å². The molecule has 0 aromatic carbocycles. The largest absolute Gasteiger partial charge is 0.281 e. The van der Waals surface area contributed by atoms with Crippen molar-refractivity contribution < 1.29 is 4.79 Å². The molecule has 0 bridgehead atoms. The van der Waals surface area contributed by atoms with Crippen LogP contribution in [0.25, 0.3) is 0 Å². The fourth-order valence-electron chi connectivity index (χ4n) is 1.61. The lowest BCUT2D eigenvalue weighted by Crippen LogP contribution is -1.86. The maximum Gasteiger partial charge on any atom is 0.221 e. The number of halogens is 1. The van der Waals surface area contributed by atoms with Gasteiger partial charge in [-0.25, -0.2) is 0 Å². The van der Waals surface area contributed by atoms with E-state index in [1.54, 1.807) is 0 Å². The van der Waals surface area contributed by atoms with Gasteiger partial charge >= 0.3 is 0 Å². The minimum absolute atomic E-state index is 0.196. The van der Waals surface area contributed by atoms with Gasteiger partial charge in [-0.3, -0.25) is 4.79 Å². The quantitative estimate of drug-likeness (QED) is 0.276. The molecular weight excluding hydrogens is 220 g/mol. The molecule has 0 atom stereocenters. The average Bonchev–Trinajstić information content (AvgIpc) is 2.25. The summed E-state index contributed by atoms with van der Waals surface area (Å²) in [5, 5.41) is -0.196. The van der Waals surface area contributed by atoms with E-state index in [0.717, 1.165) is 12.8 Å². The number of unbranched alkanes of at least 4 members (excludes halogenated alkanes) is 7. The molecule has 0 spiro atoms. The Labute approximate surface area is 105 Å². The SMILES string of the molecule is CCCC/C=C\CCCCCCCC(=O)Cl. The molecule has 2 heteroatoms. The first kappa shape index (κ1) is 15.7. The summed E-state index contributed by atoms with van der Waals surface area (Å²) in [5.41, 5.74) is 0. The molecule has 0 N–H and O–H groups in total. The summed E-state index contributed by atoms with van der Waals surface area (Å²) in [5.74, 6) is 0. The molecular formula is C14H25ClO. The molecule has 0 aromatic rings. The fraction of sp³-hybridized carbons (Fsp3) is 0.786. The van der Waals surface area contributed by atoms with Crippen LogP contribution in [0.1, 0.15) is 71.1 Å². The maximum atomic E-state index is 10.5. The average molecular weight is 245 g/mol. The molecule has 0 rings (SSSR count). The van der Waals surface area contributed by atoms with Crippen LogP contribution in [0.15, 0.2) is 12.2 Å². The number of allylic oxidation sites excluding steroid dienone is 2. The first-order chi connectivity index (χ1) is 7.77. The van der Waals surface area contributed by atoms with Gasteiger partial charge in [0.1, 0.15) is 0 Å². The summed E-state index contributed by atoms with van der Waals surface area (Å²) >= 11 is 5.25. The van der Waals surface area contributed by atoms with Gasteiger partial charge in [0.2, 0.25) is 5.24 Å². The summed E-state index contributed by atoms with van der Waals surface area (Å²) in [6.45, 7) is 2.22. The number of hydrogen-bond acceptors (Lipinski definition) is 1. The van der Waals surface area contributed by atoms with Crippen molar-refractivity contribution in [2.45, 2.75) is 71.1 Å². The van der Waals surface area contributed by atoms with E-state index in [-0.39, 0.29) is 5.24 Å². The van der Waals surface area contributed by atoms with Crippen LogP contribution < -0.4 is 0 Å². The van der Waals surface area contributed by atoms with Gasteiger partial charge in [0.05, 0.1) is 0 Å². The number of carbonyl (C=O) groups is 1. The molecule has 0 aliphatic heterocycles. The highest BCUT2D eigenvalue weighted by atomic mass is 35.5. The summed E-state index contributed by atoms with van der Waals surface area (Å²) in [7, 11) is 0. The normalized spacial score (nSPS) is 11.1. The second-order valence-electron chi connectivity index (χ2n) is 4.28. The van der Waals surface area contributed by atoms with Gasteiger partial charge < -0.3 is 0 Å². The molecule has 1 nitrogen and oxygen atoms in total. The van der Waals surface area contributed by atoms with Crippen molar-refractivity contribution in [2.75, 3.05) is 0 Å².